The van der Waals surface area contributed by atoms with Gasteiger partial charge in [0.25, 0.3) is 0 Å². The van der Waals surface area contributed by atoms with Crippen molar-refractivity contribution in [2.45, 2.75) is 64.8 Å². The van der Waals surface area contributed by atoms with Crippen LogP contribution in [0, 0.1) is 11.3 Å². The Labute approximate surface area is 121 Å². The summed E-state index contributed by atoms with van der Waals surface area (Å²) in [4.78, 5) is 23.9. The molecule has 0 unspecified atom stereocenters. The highest BCUT2D eigenvalue weighted by Gasteiger charge is 2.39. The van der Waals surface area contributed by atoms with Crippen LogP contribution >= 0.6 is 0 Å². The summed E-state index contributed by atoms with van der Waals surface area (Å²) in [5, 5.41) is 12.0. The second kappa shape index (κ2) is 7.62. The molecule has 0 bridgehead atoms. The zero-order valence-corrected chi connectivity index (χ0v) is 12.7. The highest BCUT2D eigenvalue weighted by molar-refractivity contribution is 5.87. The minimum Gasteiger partial charge on any atom is -0.480 e. The number of carbonyl (C=O) groups is 2. The minimum atomic E-state index is -0.964. The molecule has 0 heterocycles. The summed E-state index contributed by atoms with van der Waals surface area (Å²) in [6.07, 6.45) is 6.49. The van der Waals surface area contributed by atoms with Gasteiger partial charge in [0.05, 0.1) is 5.41 Å². The van der Waals surface area contributed by atoms with Crippen molar-refractivity contribution in [2.24, 2.45) is 17.1 Å². The van der Waals surface area contributed by atoms with Crippen LogP contribution in [-0.4, -0.2) is 29.6 Å². The summed E-state index contributed by atoms with van der Waals surface area (Å²) in [6, 6.07) is -0.820. The topological polar surface area (TPSA) is 92.4 Å². The molecule has 5 nitrogen and oxygen atoms in total. The molecule has 1 aliphatic carbocycles. The third kappa shape index (κ3) is 3.95. The molecule has 116 valence electrons. The van der Waals surface area contributed by atoms with Crippen LogP contribution in [0.4, 0.5) is 0 Å². The summed E-state index contributed by atoms with van der Waals surface area (Å²) >= 11 is 0. The van der Waals surface area contributed by atoms with E-state index < -0.39 is 17.4 Å². The second-order valence-corrected chi connectivity index (χ2v) is 6.07. The van der Waals surface area contributed by atoms with E-state index in [1.165, 1.54) is 0 Å². The molecule has 1 fully saturated rings. The number of nitrogens with one attached hydrogen (secondary N) is 1. The van der Waals surface area contributed by atoms with Crippen molar-refractivity contribution in [1.82, 2.24) is 5.32 Å². The smallest absolute Gasteiger partial charge is 0.326 e. The predicted octanol–water partition coefficient (Wildman–Crippen LogP) is 1.90. The van der Waals surface area contributed by atoms with Crippen molar-refractivity contribution in [1.29, 1.82) is 0 Å². The fraction of sp³-hybridized carbons (Fsp3) is 0.867. The molecule has 0 aromatic carbocycles. The number of amides is 1. The Morgan fingerprint density at radius 2 is 1.80 bits per heavy atom. The average Bonchev–Trinajstić information content (AvgIpc) is 2.69. The van der Waals surface area contributed by atoms with E-state index in [2.05, 4.69) is 5.32 Å². The Morgan fingerprint density at radius 1 is 1.25 bits per heavy atom. The number of hydrogen-bond donors (Lipinski definition) is 3. The predicted molar refractivity (Wildman–Crippen MR) is 78.2 cm³/mol. The number of carbonyl (C=O) groups excluding carboxylic acids is 1. The third-order valence-corrected chi connectivity index (χ3v) is 4.70. The molecule has 0 spiro atoms. The molecule has 0 radical (unpaired) electrons. The summed E-state index contributed by atoms with van der Waals surface area (Å²) < 4.78 is 0. The molecule has 5 heteroatoms. The van der Waals surface area contributed by atoms with E-state index in [1.54, 1.807) is 0 Å². The van der Waals surface area contributed by atoms with Crippen LogP contribution in [0.25, 0.3) is 0 Å². The number of carboxylic acids is 1. The standard InChI is InChI=1S/C15H28N2O3/c1-3-11(2)12(13(18)19)17-14(20)15(10-16)8-6-4-5-7-9-15/h11-12H,3-10,16H2,1-2H3,(H,17,20)(H,18,19)/t11-,12-/m0/s1. The molecule has 20 heavy (non-hydrogen) atoms. The number of hydrogen-bond acceptors (Lipinski definition) is 3. The molecule has 2 atom stereocenters. The minimum absolute atomic E-state index is 0.0861. The van der Waals surface area contributed by atoms with Gasteiger partial charge in [0.15, 0.2) is 0 Å². The average molecular weight is 284 g/mol. The van der Waals surface area contributed by atoms with Gasteiger partial charge in [0.2, 0.25) is 5.91 Å². The normalized spacial score (nSPS) is 21.6. The van der Waals surface area contributed by atoms with Crippen LogP contribution in [0.15, 0.2) is 0 Å². The van der Waals surface area contributed by atoms with E-state index in [-0.39, 0.29) is 11.8 Å². The SMILES string of the molecule is CC[C@H](C)[C@H](NC(=O)C1(CN)CCCCCC1)C(=O)O. The molecule has 1 aliphatic rings. The van der Waals surface area contributed by atoms with Gasteiger partial charge >= 0.3 is 5.97 Å². The third-order valence-electron chi connectivity index (χ3n) is 4.70. The zero-order chi connectivity index (χ0) is 15.2. The van der Waals surface area contributed by atoms with Crippen molar-refractivity contribution >= 4 is 11.9 Å². The monoisotopic (exact) mass is 284 g/mol. The Kier molecular flexibility index (Phi) is 6.46. The molecule has 0 saturated heterocycles. The zero-order valence-electron chi connectivity index (χ0n) is 12.7. The van der Waals surface area contributed by atoms with Gasteiger partial charge < -0.3 is 16.2 Å². The first kappa shape index (κ1) is 17.0. The van der Waals surface area contributed by atoms with E-state index in [1.807, 2.05) is 13.8 Å². The Morgan fingerprint density at radius 3 is 2.20 bits per heavy atom. The van der Waals surface area contributed by atoms with E-state index in [0.29, 0.717) is 13.0 Å². The van der Waals surface area contributed by atoms with Crippen LogP contribution < -0.4 is 11.1 Å². The lowest BCUT2D eigenvalue weighted by Gasteiger charge is -2.32. The van der Waals surface area contributed by atoms with Crippen molar-refractivity contribution in [3.05, 3.63) is 0 Å². The van der Waals surface area contributed by atoms with Crippen molar-refractivity contribution in [2.75, 3.05) is 6.54 Å². The highest BCUT2D eigenvalue weighted by Crippen LogP contribution is 2.34. The van der Waals surface area contributed by atoms with Gasteiger partial charge in [-0.2, -0.15) is 0 Å². The maximum Gasteiger partial charge on any atom is 0.326 e. The molecule has 1 saturated carbocycles. The maximum atomic E-state index is 12.6. The van der Waals surface area contributed by atoms with Crippen LogP contribution in [-0.2, 0) is 9.59 Å². The fourth-order valence-electron chi connectivity index (χ4n) is 2.91. The molecular formula is C15H28N2O3. The summed E-state index contributed by atoms with van der Waals surface area (Å²) in [5.74, 6) is -1.22. The lowest BCUT2D eigenvalue weighted by Crippen LogP contribution is -2.53. The first-order valence-corrected chi connectivity index (χ1v) is 7.70. The number of nitrogens with two attached hydrogens (primary N) is 1. The Balaban J connectivity index is 2.81. The summed E-state index contributed by atoms with van der Waals surface area (Å²) in [6.45, 7) is 4.07. The van der Waals surface area contributed by atoms with Crippen LogP contribution in [0.3, 0.4) is 0 Å². The largest absolute Gasteiger partial charge is 0.480 e. The van der Waals surface area contributed by atoms with Crippen molar-refractivity contribution < 1.29 is 14.7 Å². The molecular weight excluding hydrogens is 256 g/mol. The fourth-order valence-corrected chi connectivity index (χ4v) is 2.91. The number of rotatable bonds is 6. The Hall–Kier alpha value is -1.10. The van der Waals surface area contributed by atoms with Crippen molar-refractivity contribution in [3.8, 4) is 0 Å². The molecule has 0 aromatic rings. The van der Waals surface area contributed by atoms with Gasteiger partial charge in [-0.05, 0) is 18.8 Å². The quantitative estimate of drug-likeness (QED) is 0.649. The second-order valence-electron chi connectivity index (χ2n) is 6.07. The highest BCUT2D eigenvalue weighted by atomic mass is 16.4. The first-order valence-electron chi connectivity index (χ1n) is 7.70. The maximum absolute atomic E-state index is 12.6. The van der Waals surface area contributed by atoms with E-state index in [9.17, 15) is 14.7 Å². The number of carboxylic acid groups (broad SMARTS) is 1. The van der Waals surface area contributed by atoms with Crippen LogP contribution in [0.5, 0.6) is 0 Å². The molecule has 1 rings (SSSR count). The first-order chi connectivity index (χ1) is 9.46. The molecule has 0 aromatic heterocycles. The Bertz CT molecular complexity index is 336. The van der Waals surface area contributed by atoms with E-state index >= 15 is 0 Å². The summed E-state index contributed by atoms with van der Waals surface area (Å²) in [5.41, 5.74) is 5.29. The van der Waals surface area contributed by atoms with E-state index in [0.717, 1.165) is 38.5 Å². The van der Waals surface area contributed by atoms with Crippen molar-refractivity contribution in [3.63, 3.8) is 0 Å². The van der Waals surface area contributed by atoms with Gasteiger partial charge in [0.1, 0.15) is 6.04 Å². The van der Waals surface area contributed by atoms with Crippen LogP contribution in [0.1, 0.15) is 58.8 Å². The van der Waals surface area contributed by atoms with Crippen LogP contribution in [0.2, 0.25) is 0 Å². The molecule has 0 aliphatic heterocycles. The number of aliphatic carboxylic acids is 1. The molecule has 1 amide bonds. The van der Waals surface area contributed by atoms with Gasteiger partial charge in [-0.25, -0.2) is 4.79 Å². The molecule has 4 N–H and O–H groups in total. The van der Waals surface area contributed by atoms with Gasteiger partial charge in [-0.1, -0.05) is 46.0 Å². The van der Waals surface area contributed by atoms with E-state index in [4.69, 9.17) is 5.73 Å². The van der Waals surface area contributed by atoms with Gasteiger partial charge in [-0.3, -0.25) is 4.79 Å². The lowest BCUT2D eigenvalue weighted by molar-refractivity contribution is -0.145. The van der Waals surface area contributed by atoms with Gasteiger partial charge in [-0.15, -0.1) is 0 Å². The lowest BCUT2D eigenvalue weighted by atomic mass is 9.79. The van der Waals surface area contributed by atoms with Gasteiger partial charge in [0, 0.05) is 6.54 Å². The summed E-state index contributed by atoms with van der Waals surface area (Å²) in [7, 11) is 0.